The highest BCUT2D eigenvalue weighted by Gasteiger charge is 2.25. The summed E-state index contributed by atoms with van der Waals surface area (Å²) >= 11 is 1.55. The molecule has 1 atom stereocenters. The van der Waals surface area contributed by atoms with Gasteiger partial charge in [0.1, 0.15) is 16.8 Å². The molecule has 1 unspecified atom stereocenters. The van der Waals surface area contributed by atoms with Crippen molar-refractivity contribution in [2.45, 2.75) is 39.5 Å². The van der Waals surface area contributed by atoms with E-state index < -0.39 is 0 Å². The van der Waals surface area contributed by atoms with Gasteiger partial charge in [-0.3, -0.25) is 4.79 Å². The maximum Gasteiger partial charge on any atom is 0.262 e. The largest absolute Gasteiger partial charge is 0.483 e. The topological polar surface area (TPSA) is 62.1 Å². The van der Waals surface area contributed by atoms with Crippen LogP contribution in [0.5, 0.6) is 5.75 Å². The third-order valence-corrected chi connectivity index (χ3v) is 5.93. The molecule has 1 N–H and O–H groups in total. The molecule has 1 aliphatic rings. The van der Waals surface area contributed by atoms with Crippen LogP contribution in [-0.2, 0) is 17.6 Å². The number of benzene rings is 1. The zero-order valence-corrected chi connectivity index (χ0v) is 15.4. The number of para-hydroxylation sites is 1. The second kappa shape index (κ2) is 7.71. The predicted octanol–water partition coefficient (Wildman–Crippen LogP) is 4.46. The molecule has 130 valence electrons. The lowest BCUT2D eigenvalue weighted by molar-refractivity contribution is -0.118. The van der Waals surface area contributed by atoms with E-state index in [1.807, 2.05) is 31.2 Å². The van der Waals surface area contributed by atoms with Crippen molar-refractivity contribution in [1.29, 1.82) is 5.26 Å². The third kappa shape index (κ3) is 3.85. The standard InChI is InChI=1S/C20H22N2O2S/c1-3-14-8-9-15-16(11-21)20(25-18(15)10-14)22-19(23)12-24-17-7-5-4-6-13(17)2/h4-7,14H,3,8-10,12H2,1-2H3,(H,22,23). The molecule has 0 radical (unpaired) electrons. The Bertz CT molecular complexity index is 820. The summed E-state index contributed by atoms with van der Waals surface area (Å²) in [4.78, 5) is 13.5. The summed E-state index contributed by atoms with van der Waals surface area (Å²) in [6.45, 7) is 4.09. The Kier molecular flexibility index (Phi) is 5.40. The van der Waals surface area contributed by atoms with E-state index in [4.69, 9.17) is 4.74 Å². The molecule has 0 bridgehead atoms. The first-order valence-electron chi connectivity index (χ1n) is 8.65. The number of rotatable bonds is 5. The fourth-order valence-corrected chi connectivity index (χ4v) is 4.56. The van der Waals surface area contributed by atoms with Gasteiger partial charge in [-0.05, 0) is 49.3 Å². The van der Waals surface area contributed by atoms with Crippen LogP contribution >= 0.6 is 11.3 Å². The average molecular weight is 354 g/mol. The van der Waals surface area contributed by atoms with E-state index in [2.05, 4.69) is 18.3 Å². The molecule has 0 fully saturated rings. The van der Waals surface area contributed by atoms with Gasteiger partial charge in [0.15, 0.2) is 6.61 Å². The smallest absolute Gasteiger partial charge is 0.262 e. The van der Waals surface area contributed by atoms with Crippen LogP contribution < -0.4 is 10.1 Å². The highest BCUT2D eigenvalue weighted by atomic mass is 32.1. The molecule has 1 heterocycles. The van der Waals surface area contributed by atoms with Gasteiger partial charge in [0.05, 0.1) is 5.56 Å². The van der Waals surface area contributed by atoms with Crippen molar-refractivity contribution in [3.05, 3.63) is 45.8 Å². The zero-order chi connectivity index (χ0) is 17.8. The Labute approximate surface area is 152 Å². The second-order valence-electron chi connectivity index (χ2n) is 6.44. The number of anilines is 1. The highest BCUT2D eigenvalue weighted by molar-refractivity contribution is 7.16. The first kappa shape index (κ1) is 17.5. The minimum Gasteiger partial charge on any atom is -0.483 e. The lowest BCUT2D eigenvalue weighted by Gasteiger charge is -2.20. The zero-order valence-electron chi connectivity index (χ0n) is 14.6. The molecule has 5 heteroatoms. The lowest BCUT2D eigenvalue weighted by Crippen LogP contribution is -2.20. The summed E-state index contributed by atoms with van der Waals surface area (Å²) < 4.78 is 5.59. The number of carbonyl (C=O) groups is 1. The summed E-state index contributed by atoms with van der Waals surface area (Å²) in [7, 11) is 0. The Morgan fingerprint density at radius 3 is 2.96 bits per heavy atom. The predicted molar refractivity (Wildman–Crippen MR) is 100 cm³/mol. The minimum absolute atomic E-state index is 0.0596. The van der Waals surface area contributed by atoms with Crippen molar-refractivity contribution in [3.63, 3.8) is 0 Å². The number of aryl methyl sites for hydroxylation is 1. The Hall–Kier alpha value is -2.32. The van der Waals surface area contributed by atoms with Crippen LogP contribution in [0.1, 0.15) is 41.3 Å². The van der Waals surface area contributed by atoms with Crippen molar-refractivity contribution >= 4 is 22.2 Å². The molecule has 3 rings (SSSR count). The number of amides is 1. The van der Waals surface area contributed by atoms with Crippen molar-refractivity contribution in [3.8, 4) is 11.8 Å². The molecular formula is C20H22N2O2S. The van der Waals surface area contributed by atoms with Gasteiger partial charge in [0, 0.05) is 4.88 Å². The van der Waals surface area contributed by atoms with Gasteiger partial charge < -0.3 is 10.1 Å². The molecule has 1 aromatic heterocycles. The Balaban J connectivity index is 1.68. The molecule has 0 saturated carbocycles. The van der Waals surface area contributed by atoms with Crippen LogP contribution in [0.25, 0.3) is 0 Å². The number of nitrogens with one attached hydrogen (secondary N) is 1. The van der Waals surface area contributed by atoms with E-state index in [9.17, 15) is 10.1 Å². The molecule has 1 aliphatic carbocycles. The fourth-order valence-electron chi connectivity index (χ4n) is 3.23. The summed E-state index contributed by atoms with van der Waals surface area (Å²) in [5, 5.41) is 13.1. The molecule has 1 aromatic carbocycles. The van der Waals surface area contributed by atoms with Crippen molar-refractivity contribution < 1.29 is 9.53 Å². The number of hydrogen-bond donors (Lipinski definition) is 1. The first-order valence-corrected chi connectivity index (χ1v) is 9.47. The van der Waals surface area contributed by atoms with Gasteiger partial charge in [-0.15, -0.1) is 11.3 Å². The van der Waals surface area contributed by atoms with Gasteiger partial charge >= 0.3 is 0 Å². The van der Waals surface area contributed by atoms with Gasteiger partial charge in [-0.1, -0.05) is 31.5 Å². The van der Waals surface area contributed by atoms with Crippen molar-refractivity contribution in [1.82, 2.24) is 0 Å². The van der Waals surface area contributed by atoms with Crippen LogP contribution in [0, 0.1) is 24.2 Å². The minimum atomic E-state index is -0.231. The molecule has 0 saturated heterocycles. The summed E-state index contributed by atoms with van der Waals surface area (Å²) in [6.07, 6.45) is 4.23. The van der Waals surface area contributed by atoms with E-state index >= 15 is 0 Å². The second-order valence-corrected chi connectivity index (χ2v) is 7.54. The van der Waals surface area contributed by atoms with Gasteiger partial charge in [0.25, 0.3) is 5.91 Å². The van der Waals surface area contributed by atoms with Gasteiger partial charge in [0.2, 0.25) is 0 Å². The van der Waals surface area contributed by atoms with E-state index in [0.717, 1.165) is 36.8 Å². The number of nitrogens with zero attached hydrogens (tertiary/aromatic N) is 1. The molecule has 4 nitrogen and oxygen atoms in total. The van der Waals surface area contributed by atoms with Gasteiger partial charge in [-0.25, -0.2) is 0 Å². The van der Waals surface area contributed by atoms with Crippen LogP contribution in [0.4, 0.5) is 5.00 Å². The van der Waals surface area contributed by atoms with E-state index in [1.54, 1.807) is 11.3 Å². The first-order chi connectivity index (χ1) is 12.1. The molecule has 0 aliphatic heterocycles. The monoisotopic (exact) mass is 354 g/mol. The highest BCUT2D eigenvalue weighted by Crippen LogP contribution is 2.39. The normalized spacial score (nSPS) is 16.0. The molecular weight excluding hydrogens is 332 g/mol. The van der Waals surface area contributed by atoms with Crippen LogP contribution in [0.3, 0.4) is 0 Å². The van der Waals surface area contributed by atoms with Crippen molar-refractivity contribution in [2.75, 3.05) is 11.9 Å². The molecule has 25 heavy (non-hydrogen) atoms. The number of nitriles is 1. The van der Waals surface area contributed by atoms with Crippen molar-refractivity contribution in [2.24, 2.45) is 5.92 Å². The Morgan fingerprint density at radius 1 is 1.44 bits per heavy atom. The number of carbonyl (C=O) groups excluding carboxylic acids is 1. The maximum absolute atomic E-state index is 12.3. The summed E-state index contributed by atoms with van der Waals surface area (Å²) in [5.74, 6) is 1.16. The van der Waals surface area contributed by atoms with Crippen LogP contribution in [-0.4, -0.2) is 12.5 Å². The lowest BCUT2D eigenvalue weighted by atomic mass is 9.86. The van der Waals surface area contributed by atoms with E-state index in [-0.39, 0.29) is 12.5 Å². The number of ether oxygens (including phenoxy) is 1. The van der Waals surface area contributed by atoms with Gasteiger partial charge in [-0.2, -0.15) is 5.26 Å². The molecule has 2 aromatic rings. The quantitative estimate of drug-likeness (QED) is 0.862. The van der Waals surface area contributed by atoms with Crippen LogP contribution in [0.15, 0.2) is 24.3 Å². The fraction of sp³-hybridized carbons (Fsp3) is 0.400. The Morgan fingerprint density at radius 2 is 2.24 bits per heavy atom. The SMILES string of the molecule is CCC1CCc2c(sc(NC(=O)COc3ccccc3C)c2C#N)C1. The maximum atomic E-state index is 12.3. The number of fused-ring (bicyclic) bond motifs is 1. The number of thiophene rings is 1. The summed E-state index contributed by atoms with van der Waals surface area (Å²) in [6, 6.07) is 9.88. The van der Waals surface area contributed by atoms with E-state index in [0.29, 0.717) is 22.2 Å². The van der Waals surface area contributed by atoms with Crippen LogP contribution in [0.2, 0.25) is 0 Å². The summed E-state index contributed by atoms with van der Waals surface area (Å²) in [5.41, 5.74) is 2.76. The third-order valence-electron chi connectivity index (χ3n) is 4.76. The molecule has 0 spiro atoms. The van der Waals surface area contributed by atoms with E-state index in [1.165, 1.54) is 4.88 Å². The average Bonchev–Trinajstić information content (AvgIpc) is 2.96. The number of hydrogen-bond acceptors (Lipinski definition) is 4. The molecule has 1 amide bonds.